The Morgan fingerprint density at radius 1 is 1.16 bits per heavy atom. The number of aryl methyl sites for hydroxylation is 1. The minimum absolute atomic E-state index is 0.0223. The van der Waals surface area contributed by atoms with Gasteiger partial charge in [0.1, 0.15) is 5.75 Å². The number of amides is 1. The molecule has 1 aromatic heterocycles. The molecule has 1 aliphatic rings. The van der Waals surface area contributed by atoms with Crippen LogP contribution in [0.15, 0.2) is 60.8 Å². The summed E-state index contributed by atoms with van der Waals surface area (Å²) in [6.45, 7) is 2.56. The molecule has 1 aliphatic heterocycles. The average Bonchev–Trinajstić information content (AvgIpc) is 3.08. The molecule has 0 bridgehead atoms. The van der Waals surface area contributed by atoms with E-state index in [0.29, 0.717) is 12.2 Å². The quantitative estimate of drug-likeness (QED) is 0.799. The highest BCUT2D eigenvalue weighted by atomic mass is 16.5. The summed E-state index contributed by atoms with van der Waals surface area (Å²) in [5.74, 6) is 0.772. The lowest BCUT2D eigenvalue weighted by Gasteiger charge is -2.26. The van der Waals surface area contributed by atoms with Gasteiger partial charge in [-0.05, 0) is 43.3 Å². The van der Waals surface area contributed by atoms with E-state index in [9.17, 15) is 4.79 Å². The predicted molar refractivity (Wildman–Crippen MR) is 95.1 cm³/mol. The first-order chi connectivity index (χ1) is 12.2. The Hall–Kier alpha value is -3.08. The summed E-state index contributed by atoms with van der Waals surface area (Å²) in [5, 5.41) is 7.49. The normalized spacial score (nSPS) is 16.0. The molecule has 0 unspecified atom stereocenters. The molecular weight excluding hydrogens is 314 g/mol. The number of carbonyl (C=O) groups is 1. The van der Waals surface area contributed by atoms with Crippen molar-refractivity contribution in [1.82, 2.24) is 15.1 Å². The number of nitrogens with one attached hydrogen (secondary N) is 1. The van der Waals surface area contributed by atoms with Crippen molar-refractivity contribution in [2.24, 2.45) is 0 Å². The van der Waals surface area contributed by atoms with Gasteiger partial charge in [-0.3, -0.25) is 4.79 Å². The first-order valence-corrected chi connectivity index (χ1v) is 8.36. The SMILES string of the molecule is Cc1ccn(-c2ccc(C(=O)N[C@@H]3CCOc4ccccc43)cc2)n1. The van der Waals surface area contributed by atoms with Crippen LogP contribution in [0.2, 0.25) is 0 Å². The third-order valence-electron chi connectivity index (χ3n) is 4.38. The maximum absolute atomic E-state index is 12.6. The number of nitrogens with zero attached hydrogens (tertiary/aromatic N) is 2. The second kappa shape index (κ2) is 6.43. The average molecular weight is 333 g/mol. The molecule has 126 valence electrons. The molecule has 1 amide bonds. The fourth-order valence-corrected chi connectivity index (χ4v) is 3.06. The zero-order chi connectivity index (χ0) is 17.2. The van der Waals surface area contributed by atoms with Crippen molar-refractivity contribution in [1.29, 1.82) is 0 Å². The number of fused-ring (bicyclic) bond motifs is 1. The van der Waals surface area contributed by atoms with Gasteiger partial charge in [0.25, 0.3) is 5.91 Å². The molecule has 4 rings (SSSR count). The maximum atomic E-state index is 12.6. The van der Waals surface area contributed by atoms with Crippen molar-refractivity contribution >= 4 is 5.91 Å². The van der Waals surface area contributed by atoms with Crippen molar-refractivity contribution in [3.8, 4) is 11.4 Å². The van der Waals surface area contributed by atoms with Crippen LogP contribution in [0.5, 0.6) is 5.75 Å². The standard InChI is InChI=1S/C20H19N3O2/c1-14-10-12-23(22-14)16-8-6-15(7-9-16)20(24)21-18-11-13-25-19-5-3-2-4-17(18)19/h2-10,12,18H,11,13H2,1H3,(H,21,24)/t18-/m1/s1. The number of ether oxygens (including phenoxy) is 1. The zero-order valence-electron chi connectivity index (χ0n) is 14.0. The smallest absolute Gasteiger partial charge is 0.251 e. The van der Waals surface area contributed by atoms with Crippen molar-refractivity contribution < 1.29 is 9.53 Å². The molecular formula is C20H19N3O2. The van der Waals surface area contributed by atoms with Gasteiger partial charge in [-0.25, -0.2) is 4.68 Å². The fourth-order valence-electron chi connectivity index (χ4n) is 3.06. The summed E-state index contributed by atoms with van der Waals surface area (Å²) in [6.07, 6.45) is 2.68. The Labute approximate surface area is 146 Å². The Morgan fingerprint density at radius 3 is 2.72 bits per heavy atom. The summed E-state index contributed by atoms with van der Waals surface area (Å²) in [6, 6.07) is 17.2. The van der Waals surface area contributed by atoms with E-state index in [4.69, 9.17) is 4.74 Å². The largest absolute Gasteiger partial charge is 0.493 e. The fraction of sp³-hybridized carbons (Fsp3) is 0.200. The molecule has 25 heavy (non-hydrogen) atoms. The number of carbonyl (C=O) groups excluding carboxylic acids is 1. The molecule has 5 nitrogen and oxygen atoms in total. The molecule has 2 heterocycles. The van der Waals surface area contributed by atoms with Crippen molar-refractivity contribution in [2.45, 2.75) is 19.4 Å². The zero-order valence-corrected chi connectivity index (χ0v) is 14.0. The molecule has 0 saturated heterocycles. The van der Waals surface area contributed by atoms with Crippen LogP contribution in [0.4, 0.5) is 0 Å². The van der Waals surface area contributed by atoms with E-state index >= 15 is 0 Å². The second-order valence-electron chi connectivity index (χ2n) is 6.15. The summed E-state index contributed by atoms with van der Waals surface area (Å²) in [5.41, 5.74) is 3.56. The van der Waals surface area contributed by atoms with Crippen molar-refractivity contribution in [3.05, 3.63) is 77.6 Å². The molecule has 5 heteroatoms. The number of benzene rings is 2. The van der Waals surface area contributed by atoms with Crippen LogP contribution in [0.3, 0.4) is 0 Å². The molecule has 0 spiro atoms. The van der Waals surface area contributed by atoms with Gasteiger partial charge in [0.15, 0.2) is 0 Å². The van der Waals surface area contributed by atoms with Crippen LogP contribution in [0, 0.1) is 6.92 Å². The number of rotatable bonds is 3. The number of para-hydroxylation sites is 1. The number of hydrogen-bond donors (Lipinski definition) is 1. The minimum atomic E-state index is -0.0788. The van der Waals surface area contributed by atoms with E-state index in [1.807, 2.05) is 67.7 Å². The van der Waals surface area contributed by atoms with E-state index in [2.05, 4.69) is 10.4 Å². The summed E-state index contributed by atoms with van der Waals surface area (Å²) in [4.78, 5) is 12.6. The van der Waals surface area contributed by atoms with Crippen LogP contribution in [0.25, 0.3) is 5.69 Å². The molecule has 1 atom stereocenters. The molecule has 3 aromatic rings. The van der Waals surface area contributed by atoms with E-state index < -0.39 is 0 Å². The van der Waals surface area contributed by atoms with Gasteiger partial charge in [0.05, 0.1) is 24.0 Å². The van der Waals surface area contributed by atoms with Crippen molar-refractivity contribution in [3.63, 3.8) is 0 Å². The van der Waals surface area contributed by atoms with Gasteiger partial charge in [0, 0.05) is 23.7 Å². The third kappa shape index (κ3) is 3.13. The molecule has 0 aliphatic carbocycles. The van der Waals surface area contributed by atoms with Gasteiger partial charge < -0.3 is 10.1 Å². The Balaban J connectivity index is 1.50. The molecule has 0 radical (unpaired) electrons. The lowest BCUT2D eigenvalue weighted by Crippen LogP contribution is -2.32. The van der Waals surface area contributed by atoms with Gasteiger partial charge in [-0.2, -0.15) is 5.10 Å². The first-order valence-electron chi connectivity index (χ1n) is 8.36. The Kier molecular flexibility index (Phi) is 3.98. The predicted octanol–water partition coefficient (Wildman–Crippen LogP) is 3.43. The summed E-state index contributed by atoms with van der Waals surface area (Å²) < 4.78 is 7.44. The molecule has 0 saturated carbocycles. The minimum Gasteiger partial charge on any atom is -0.493 e. The van der Waals surface area contributed by atoms with E-state index in [1.165, 1.54) is 0 Å². The topological polar surface area (TPSA) is 56.2 Å². The van der Waals surface area contributed by atoms with E-state index in [1.54, 1.807) is 4.68 Å². The Morgan fingerprint density at radius 2 is 1.96 bits per heavy atom. The second-order valence-corrected chi connectivity index (χ2v) is 6.15. The summed E-state index contributed by atoms with van der Waals surface area (Å²) in [7, 11) is 0. The van der Waals surface area contributed by atoms with Gasteiger partial charge in [-0.1, -0.05) is 18.2 Å². The maximum Gasteiger partial charge on any atom is 0.251 e. The lowest BCUT2D eigenvalue weighted by molar-refractivity contribution is 0.0925. The molecule has 2 aromatic carbocycles. The van der Waals surface area contributed by atoms with Crippen molar-refractivity contribution in [2.75, 3.05) is 6.61 Å². The van der Waals surface area contributed by atoms with Crippen LogP contribution < -0.4 is 10.1 Å². The highest BCUT2D eigenvalue weighted by molar-refractivity contribution is 5.94. The van der Waals surface area contributed by atoms with Gasteiger partial charge in [0.2, 0.25) is 0 Å². The van der Waals surface area contributed by atoms with Crippen LogP contribution >= 0.6 is 0 Å². The summed E-state index contributed by atoms with van der Waals surface area (Å²) >= 11 is 0. The highest BCUT2D eigenvalue weighted by Crippen LogP contribution is 2.31. The van der Waals surface area contributed by atoms with Crippen LogP contribution in [0.1, 0.15) is 34.1 Å². The van der Waals surface area contributed by atoms with E-state index in [0.717, 1.165) is 29.1 Å². The van der Waals surface area contributed by atoms with Crippen LogP contribution in [-0.4, -0.2) is 22.3 Å². The highest BCUT2D eigenvalue weighted by Gasteiger charge is 2.23. The molecule has 0 fully saturated rings. The van der Waals surface area contributed by atoms with Crippen LogP contribution in [-0.2, 0) is 0 Å². The number of aromatic nitrogens is 2. The third-order valence-corrected chi connectivity index (χ3v) is 4.38. The first kappa shape index (κ1) is 15.4. The Bertz CT molecular complexity index is 899. The van der Waals surface area contributed by atoms with E-state index in [-0.39, 0.29) is 11.9 Å². The van der Waals surface area contributed by atoms with Gasteiger partial charge in [-0.15, -0.1) is 0 Å². The lowest BCUT2D eigenvalue weighted by atomic mass is 10.00. The number of hydrogen-bond acceptors (Lipinski definition) is 3. The molecule has 1 N–H and O–H groups in total. The monoisotopic (exact) mass is 333 g/mol. The van der Waals surface area contributed by atoms with Gasteiger partial charge >= 0.3 is 0 Å².